The van der Waals surface area contributed by atoms with Crippen LogP contribution in [0.5, 0.6) is 11.5 Å². The molecule has 1 saturated heterocycles. The molecule has 2 aromatic heterocycles. The summed E-state index contributed by atoms with van der Waals surface area (Å²) in [7, 11) is 1.65. The summed E-state index contributed by atoms with van der Waals surface area (Å²) >= 11 is 1.07. The van der Waals surface area contributed by atoms with E-state index in [0.717, 1.165) is 61.4 Å². The van der Waals surface area contributed by atoms with E-state index in [1.54, 1.807) is 7.11 Å². The number of methoxy groups -OCH3 is 1. The number of aromatic nitrogens is 3. The molecular weight excluding hydrogens is 444 g/mol. The first-order valence-corrected chi connectivity index (χ1v) is 11.4. The first-order chi connectivity index (χ1) is 16.0. The normalized spacial score (nSPS) is 14.2. The van der Waals surface area contributed by atoms with Crippen LogP contribution < -0.4 is 19.7 Å². The molecular formula is C22H26N6O4S. The van der Waals surface area contributed by atoms with Crippen molar-refractivity contribution < 1.29 is 19.4 Å². The van der Waals surface area contributed by atoms with Gasteiger partial charge < -0.3 is 24.8 Å². The fourth-order valence-corrected chi connectivity index (χ4v) is 4.15. The Morgan fingerprint density at radius 2 is 1.88 bits per heavy atom. The lowest BCUT2D eigenvalue weighted by molar-refractivity contribution is 0.0702. The molecule has 0 atom stereocenters. The molecule has 4 rings (SSSR count). The summed E-state index contributed by atoms with van der Waals surface area (Å²) in [6, 6.07) is 9.47. The summed E-state index contributed by atoms with van der Waals surface area (Å²) in [5.41, 5.74) is 0. The zero-order chi connectivity index (χ0) is 23.2. The molecule has 0 radical (unpaired) electrons. The van der Waals surface area contributed by atoms with E-state index >= 15 is 0 Å². The minimum Gasteiger partial charge on any atom is -0.497 e. The number of aryl methyl sites for hydroxylation is 1. The second-order valence-electron chi connectivity index (χ2n) is 7.47. The number of nitrogens with one attached hydrogen (secondary N) is 1. The highest BCUT2D eigenvalue weighted by molar-refractivity contribution is 7.17. The second kappa shape index (κ2) is 10.5. The molecule has 11 heteroatoms. The van der Waals surface area contributed by atoms with Crippen molar-refractivity contribution >= 4 is 34.1 Å². The molecule has 0 saturated carbocycles. The lowest BCUT2D eigenvalue weighted by atomic mass is 10.3. The van der Waals surface area contributed by atoms with E-state index < -0.39 is 5.97 Å². The fraction of sp³-hybridized carbons (Fsp3) is 0.364. The van der Waals surface area contributed by atoms with Crippen LogP contribution in [-0.2, 0) is 0 Å². The molecule has 33 heavy (non-hydrogen) atoms. The van der Waals surface area contributed by atoms with Gasteiger partial charge >= 0.3 is 5.97 Å². The summed E-state index contributed by atoms with van der Waals surface area (Å²) in [6.45, 7) is 6.83. The molecule has 0 amide bonds. The number of piperazine rings is 1. The van der Waals surface area contributed by atoms with E-state index in [1.165, 1.54) is 6.20 Å². The lowest BCUT2D eigenvalue weighted by Crippen LogP contribution is -2.47. The summed E-state index contributed by atoms with van der Waals surface area (Å²) < 4.78 is 11.0. The smallest absolute Gasteiger partial charge is 0.347 e. The van der Waals surface area contributed by atoms with Crippen molar-refractivity contribution in [3.63, 3.8) is 0 Å². The number of carboxylic acids is 1. The molecule has 3 heterocycles. The topological polar surface area (TPSA) is 113 Å². The van der Waals surface area contributed by atoms with Crippen molar-refractivity contribution in [2.24, 2.45) is 0 Å². The summed E-state index contributed by atoms with van der Waals surface area (Å²) in [4.78, 5) is 28.9. The van der Waals surface area contributed by atoms with Crippen LogP contribution in [0.3, 0.4) is 0 Å². The Bertz CT molecular complexity index is 1080. The zero-order valence-electron chi connectivity index (χ0n) is 18.5. The number of benzene rings is 1. The molecule has 0 bridgehead atoms. The van der Waals surface area contributed by atoms with Crippen LogP contribution in [0.2, 0.25) is 0 Å². The van der Waals surface area contributed by atoms with Gasteiger partial charge in [0.2, 0.25) is 0 Å². The number of thiazole rings is 1. The standard InChI is InChI=1S/C22H26N6O4S/c1-15-24-19(26-22-23-14-18(33-22)21(29)30)13-20(25-15)28-9-7-27(8-10-28)11-12-32-17-5-3-16(31-2)4-6-17/h3-6,13-14H,7-12H2,1-2H3,(H,29,30)(H,23,24,25,26). The Morgan fingerprint density at radius 1 is 1.15 bits per heavy atom. The van der Waals surface area contributed by atoms with Crippen LogP contribution in [0.15, 0.2) is 36.5 Å². The van der Waals surface area contributed by atoms with Crippen LogP contribution in [0.25, 0.3) is 0 Å². The van der Waals surface area contributed by atoms with Crippen molar-refractivity contribution in [3.05, 3.63) is 47.2 Å². The maximum absolute atomic E-state index is 11.1. The first-order valence-electron chi connectivity index (χ1n) is 10.6. The maximum atomic E-state index is 11.1. The van der Waals surface area contributed by atoms with Gasteiger partial charge in [0, 0.05) is 38.8 Å². The van der Waals surface area contributed by atoms with Crippen molar-refractivity contribution in [2.75, 3.05) is 56.7 Å². The fourth-order valence-electron chi connectivity index (χ4n) is 3.48. The number of anilines is 3. The largest absolute Gasteiger partial charge is 0.497 e. The minimum absolute atomic E-state index is 0.176. The third kappa shape index (κ3) is 6.08. The van der Waals surface area contributed by atoms with E-state index in [1.807, 2.05) is 37.3 Å². The minimum atomic E-state index is -0.993. The highest BCUT2D eigenvalue weighted by atomic mass is 32.1. The van der Waals surface area contributed by atoms with E-state index in [2.05, 4.69) is 30.1 Å². The Hall–Kier alpha value is -3.44. The van der Waals surface area contributed by atoms with E-state index in [0.29, 0.717) is 23.4 Å². The SMILES string of the molecule is COc1ccc(OCCN2CCN(c3cc(Nc4ncc(C(=O)O)s4)nc(C)n3)CC2)cc1. The molecule has 1 aliphatic rings. The van der Waals surface area contributed by atoms with Gasteiger partial charge in [-0.05, 0) is 31.2 Å². The van der Waals surface area contributed by atoms with Gasteiger partial charge in [0.1, 0.15) is 40.4 Å². The predicted octanol–water partition coefficient (Wildman–Crippen LogP) is 2.89. The molecule has 2 N–H and O–H groups in total. The van der Waals surface area contributed by atoms with Gasteiger partial charge in [-0.1, -0.05) is 11.3 Å². The van der Waals surface area contributed by atoms with Crippen molar-refractivity contribution in [1.82, 2.24) is 19.9 Å². The van der Waals surface area contributed by atoms with E-state index in [4.69, 9.17) is 14.6 Å². The molecule has 0 aliphatic carbocycles. The van der Waals surface area contributed by atoms with Crippen LogP contribution in [-0.4, -0.2) is 77.4 Å². The lowest BCUT2D eigenvalue weighted by Gasteiger charge is -2.35. The number of carboxylic acid groups (broad SMARTS) is 1. The van der Waals surface area contributed by atoms with Gasteiger partial charge in [-0.2, -0.15) is 0 Å². The van der Waals surface area contributed by atoms with E-state index in [9.17, 15) is 4.79 Å². The molecule has 0 spiro atoms. The van der Waals surface area contributed by atoms with Crippen LogP contribution in [0.1, 0.15) is 15.5 Å². The van der Waals surface area contributed by atoms with Crippen LogP contribution in [0, 0.1) is 6.92 Å². The first kappa shape index (κ1) is 22.7. The molecule has 3 aromatic rings. The van der Waals surface area contributed by atoms with Crippen molar-refractivity contribution in [2.45, 2.75) is 6.92 Å². The van der Waals surface area contributed by atoms with Gasteiger partial charge in [0.15, 0.2) is 5.13 Å². The van der Waals surface area contributed by atoms with Crippen molar-refractivity contribution in [3.8, 4) is 11.5 Å². The molecule has 1 aromatic carbocycles. The third-order valence-corrected chi connectivity index (χ3v) is 6.11. The Balaban J connectivity index is 1.28. The highest BCUT2D eigenvalue weighted by Crippen LogP contribution is 2.24. The van der Waals surface area contributed by atoms with Crippen molar-refractivity contribution in [1.29, 1.82) is 0 Å². The van der Waals surface area contributed by atoms with Gasteiger partial charge in [-0.3, -0.25) is 4.90 Å². The number of hydrogen-bond acceptors (Lipinski definition) is 10. The van der Waals surface area contributed by atoms with Gasteiger partial charge in [-0.15, -0.1) is 0 Å². The Morgan fingerprint density at radius 3 is 2.55 bits per heavy atom. The number of ether oxygens (including phenoxy) is 2. The van der Waals surface area contributed by atoms with Crippen LogP contribution in [0.4, 0.5) is 16.8 Å². The molecule has 1 fully saturated rings. The maximum Gasteiger partial charge on any atom is 0.347 e. The molecule has 0 unspecified atom stereocenters. The van der Waals surface area contributed by atoms with E-state index in [-0.39, 0.29) is 4.88 Å². The zero-order valence-corrected chi connectivity index (χ0v) is 19.3. The molecule has 174 valence electrons. The average Bonchev–Trinajstić information content (AvgIpc) is 3.28. The number of aromatic carboxylic acids is 1. The highest BCUT2D eigenvalue weighted by Gasteiger charge is 2.19. The summed E-state index contributed by atoms with van der Waals surface area (Å²) in [6.07, 6.45) is 1.34. The third-order valence-electron chi connectivity index (χ3n) is 5.21. The van der Waals surface area contributed by atoms with Gasteiger partial charge in [0.05, 0.1) is 13.3 Å². The summed E-state index contributed by atoms with van der Waals surface area (Å²) in [5.74, 6) is 2.73. The number of hydrogen-bond donors (Lipinski definition) is 2. The quantitative estimate of drug-likeness (QED) is 0.484. The number of carbonyl (C=O) groups is 1. The molecule has 10 nitrogen and oxygen atoms in total. The van der Waals surface area contributed by atoms with Gasteiger partial charge in [-0.25, -0.2) is 19.7 Å². The monoisotopic (exact) mass is 470 g/mol. The number of rotatable bonds is 9. The number of nitrogens with zero attached hydrogens (tertiary/aromatic N) is 5. The van der Waals surface area contributed by atoms with Gasteiger partial charge in [0.25, 0.3) is 0 Å². The Kier molecular flexibility index (Phi) is 7.20. The average molecular weight is 471 g/mol. The second-order valence-corrected chi connectivity index (χ2v) is 8.50. The Labute approximate surface area is 195 Å². The predicted molar refractivity (Wildman–Crippen MR) is 126 cm³/mol. The van der Waals surface area contributed by atoms with Crippen LogP contribution >= 0.6 is 11.3 Å². The molecule has 1 aliphatic heterocycles. The summed E-state index contributed by atoms with van der Waals surface area (Å²) in [5, 5.41) is 12.6.